The summed E-state index contributed by atoms with van der Waals surface area (Å²) in [6.45, 7) is 2.22. The van der Waals surface area contributed by atoms with Gasteiger partial charge in [0.1, 0.15) is 0 Å². The molecule has 1 heterocycles. The number of aryl methyl sites for hydroxylation is 1. The monoisotopic (exact) mass is 439 g/mol. The maximum atomic E-state index is 13.1. The lowest BCUT2D eigenvalue weighted by atomic mass is 10.0. The van der Waals surface area contributed by atoms with Gasteiger partial charge in [0.15, 0.2) is 5.82 Å². The first-order chi connectivity index (χ1) is 15.6. The molecule has 1 aromatic heterocycles. The molecular formula is C27H22ClN3O. The normalized spacial score (nSPS) is 10.9. The number of aromatic nitrogens is 2. The largest absolute Gasteiger partial charge is 0.348 e. The molecule has 4 nitrogen and oxygen atoms in total. The van der Waals surface area contributed by atoms with Gasteiger partial charge in [-0.15, -0.1) is 0 Å². The number of nitrogens with one attached hydrogen (secondary N) is 1. The van der Waals surface area contributed by atoms with Crippen LogP contribution in [-0.2, 0) is 0 Å². The van der Waals surface area contributed by atoms with Crippen LogP contribution in [0.25, 0.3) is 28.7 Å². The number of hydrogen-bond donors (Lipinski definition) is 1. The molecule has 1 amide bonds. The van der Waals surface area contributed by atoms with E-state index in [4.69, 9.17) is 16.6 Å². The Labute approximate surface area is 192 Å². The van der Waals surface area contributed by atoms with Gasteiger partial charge in [-0.1, -0.05) is 96.5 Å². The molecule has 1 N–H and O–H groups in total. The Kier molecular flexibility index (Phi) is 6.73. The molecule has 0 saturated heterocycles. The summed E-state index contributed by atoms with van der Waals surface area (Å²) < 4.78 is 0. The van der Waals surface area contributed by atoms with E-state index < -0.39 is 0 Å². The molecule has 0 aliphatic carbocycles. The number of halogens is 1. The van der Waals surface area contributed by atoms with E-state index in [0.717, 1.165) is 16.7 Å². The first-order valence-corrected chi connectivity index (χ1v) is 10.7. The van der Waals surface area contributed by atoms with E-state index in [9.17, 15) is 4.79 Å². The molecule has 0 atom stereocenters. The zero-order valence-corrected chi connectivity index (χ0v) is 18.4. The van der Waals surface area contributed by atoms with Crippen molar-refractivity contribution < 1.29 is 4.79 Å². The Morgan fingerprint density at radius 2 is 1.59 bits per heavy atom. The Balaban J connectivity index is 1.67. The number of hydrogen-bond acceptors (Lipinski definition) is 3. The van der Waals surface area contributed by atoms with Crippen molar-refractivity contribution >= 4 is 23.6 Å². The first kappa shape index (κ1) is 21.5. The van der Waals surface area contributed by atoms with Gasteiger partial charge in [0.25, 0.3) is 5.91 Å². The summed E-state index contributed by atoms with van der Waals surface area (Å²) in [4.78, 5) is 22.5. The molecule has 0 aliphatic heterocycles. The Morgan fingerprint density at radius 1 is 0.906 bits per heavy atom. The van der Waals surface area contributed by atoms with Gasteiger partial charge in [-0.05, 0) is 24.6 Å². The van der Waals surface area contributed by atoms with Crippen LogP contribution in [0, 0.1) is 6.92 Å². The Bertz CT molecular complexity index is 1250. The predicted octanol–water partition coefficient (Wildman–Crippen LogP) is 6.22. The summed E-state index contributed by atoms with van der Waals surface area (Å²) >= 11 is 6.23. The maximum Gasteiger partial charge on any atom is 0.255 e. The van der Waals surface area contributed by atoms with Gasteiger partial charge in [-0.25, -0.2) is 9.97 Å². The van der Waals surface area contributed by atoms with Crippen molar-refractivity contribution in [2.24, 2.45) is 0 Å². The van der Waals surface area contributed by atoms with Crippen LogP contribution in [0.5, 0.6) is 0 Å². The quantitative estimate of drug-likeness (QED) is 0.388. The van der Waals surface area contributed by atoms with E-state index >= 15 is 0 Å². The van der Waals surface area contributed by atoms with Gasteiger partial charge in [0.05, 0.1) is 17.0 Å². The highest BCUT2D eigenvalue weighted by atomic mass is 35.5. The zero-order valence-electron chi connectivity index (χ0n) is 17.6. The Hall–Kier alpha value is -3.76. The van der Waals surface area contributed by atoms with Crippen molar-refractivity contribution in [1.82, 2.24) is 15.3 Å². The minimum Gasteiger partial charge on any atom is -0.348 e. The third-order valence-corrected chi connectivity index (χ3v) is 5.17. The molecular weight excluding hydrogens is 418 g/mol. The van der Waals surface area contributed by atoms with Crippen molar-refractivity contribution in [2.75, 3.05) is 6.54 Å². The van der Waals surface area contributed by atoms with E-state index in [1.54, 1.807) is 6.07 Å². The molecule has 0 unspecified atom stereocenters. The molecule has 0 bridgehead atoms. The van der Waals surface area contributed by atoms with Crippen LogP contribution in [0.3, 0.4) is 0 Å². The molecule has 4 aromatic rings. The first-order valence-electron chi connectivity index (χ1n) is 10.3. The summed E-state index contributed by atoms with van der Waals surface area (Å²) in [6.07, 6.45) is 3.89. The van der Waals surface area contributed by atoms with Crippen LogP contribution in [0.4, 0.5) is 0 Å². The predicted molar refractivity (Wildman–Crippen MR) is 130 cm³/mol. The van der Waals surface area contributed by atoms with Crippen molar-refractivity contribution in [3.8, 4) is 22.6 Å². The Morgan fingerprint density at radius 3 is 2.31 bits per heavy atom. The standard InChI is InChI=1S/C27H22ClN3O/c1-19-24(27(32)29-17-9-12-20-10-4-2-5-11-20)25(22-15-8-16-23(28)18-22)31-26(30-19)21-13-6-3-7-14-21/h2-16,18H,17H2,1H3,(H,29,32)/b12-9+. The van der Waals surface area contributed by atoms with E-state index in [0.29, 0.717) is 34.3 Å². The van der Waals surface area contributed by atoms with Crippen LogP contribution in [0.1, 0.15) is 21.6 Å². The molecule has 0 spiro atoms. The summed E-state index contributed by atoms with van der Waals surface area (Å²) in [5.74, 6) is 0.341. The zero-order chi connectivity index (χ0) is 22.3. The van der Waals surface area contributed by atoms with Gasteiger partial charge in [0, 0.05) is 22.7 Å². The molecule has 0 fully saturated rings. The molecule has 0 radical (unpaired) electrons. The fraction of sp³-hybridized carbons (Fsp3) is 0.0741. The van der Waals surface area contributed by atoms with Gasteiger partial charge in [0.2, 0.25) is 0 Å². The second-order valence-corrected chi connectivity index (χ2v) is 7.69. The van der Waals surface area contributed by atoms with Crippen molar-refractivity contribution in [3.05, 3.63) is 113 Å². The summed E-state index contributed by atoms with van der Waals surface area (Å²) in [7, 11) is 0. The van der Waals surface area contributed by atoms with Crippen molar-refractivity contribution in [1.29, 1.82) is 0 Å². The molecule has 0 saturated carbocycles. The lowest BCUT2D eigenvalue weighted by molar-refractivity contribution is 0.0957. The smallest absolute Gasteiger partial charge is 0.255 e. The number of benzene rings is 3. The lowest BCUT2D eigenvalue weighted by Crippen LogP contribution is -2.26. The number of carbonyl (C=O) groups excluding carboxylic acids is 1. The number of amides is 1. The second-order valence-electron chi connectivity index (χ2n) is 7.26. The fourth-order valence-electron chi connectivity index (χ4n) is 3.40. The molecule has 4 rings (SSSR count). The highest BCUT2D eigenvalue weighted by molar-refractivity contribution is 6.30. The molecule has 5 heteroatoms. The second kappa shape index (κ2) is 10.0. The molecule has 3 aromatic carbocycles. The van der Waals surface area contributed by atoms with Gasteiger partial charge in [-0.3, -0.25) is 4.79 Å². The highest BCUT2D eigenvalue weighted by Crippen LogP contribution is 2.28. The van der Waals surface area contributed by atoms with Crippen molar-refractivity contribution in [2.45, 2.75) is 6.92 Å². The van der Waals surface area contributed by atoms with Crippen LogP contribution in [0.2, 0.25) is 5.02 Å². The SMILES string of the molecule is Cc1nc(-c2ccccc2)nc(-c2cccc(Cl)c2)c1C(=O)NC/C=C/c1ccccc1. The minimum atomic E-state index is -0.227. The number of rotatable bonds is 6. The summed E-state index contributed by atoms with van der Waals surface area (Å²) in [5.41, 5.74) is 4.34. The van der Waals surface area contributed by atoms with Crippen LogP contribution in [-0.4, -0.2) is 22.4 Å². The van der Waals surface area contributed by atoms with Gasteiger partial charge >= 0.3 is 0 Å². The summed E-state index contributed by atoms with van der Waals surface area (Å²) in [5, 5.41) is 3.54. The summed E-state index contributed by atoms with van der Waals surface area (Å²) in [6, 6.07) is 27.0. The van der Waals surface area contributed by atoms with Crippen LogP contribution < -0.4 is 5.32 Å². The third kappa shape index (κ3) is 5.10. The van der Waals surface area contributed by atoms with Crippen molar-refractivity contribution in [3.63, 3.8) is 0 Å². The number of carbonyl (C=O) groups is 1. The van der Waals surface area contributed by atoms with E-state index in [2.05, 4.69) is 10.3 Å². The van der Waals surface area contributed by atoms with E-state index in [1.165, 1.54) is 0 Å². The maximum absolute atomic E-state index is 13.1. The average molecular weight is 440 g/mol. The minimum absolute atomic E-state index is 0.227. The van der Waals surface area contributed by atoms with Crippen LogP contribution in [0.15, 0.2) is 91.0 Å². The molecule has 158 valence electrons. The van der Waals surface area contributed by atoms with E-state index in [-0.39, 0.29) is 5.91 Å². The van der Waals surface area contributed by atoms with Gasteiger partial charge < -0.3 is 5.32 Å². The van der Waals surface area contributed by atoms with Gasteiger partial charge in [-0.2, -0.15) is 0 Å². The molecule has 32 heavy (non-hydrogen) atoms. The average Bonchev–Trinajstić information content (AvgIpc) is 2.82. The topological polar surface area (TPSA) is 54.9 Å². The number of nitrogens with zero attached hydrogens (tertiary/aromatic N) is 2. The fourth-order valence-corrected chi connectivity index (χ4v) is 3.60. The molecule has 0 aliphatic rings. The highest BCUT2D eigenvalue weighted by Gasteiger charge is 2.20. The third-order valence-electron chi connectivity index (χ3n) is 4.94. The van der Waals surface area contributed by atoms with E-state index in [1.807, 2.05) is 97.9 Å². The van der Waals surface area contributed by atoms with Crippen LogP contribution >= 0.6 is 11.6 Å². The lowest BCUT2D eigenvalue weighted by Gasteiger charge is -2.14.